The maximum Gasteiger partial charge on any atom is 0.246 e. The van der Waals surface area contributed by atoms with E-state index in [0.29, 0.717) is 24.1 Å². The van der Waals surface area contributed by atoms with Crippen molar-refractivity contribution in [1.29, 1.82) is 0 Å². The molecule has 10 heteroatoms. The summed E-state index contributed by atoms with van der Waals surface area (Å²) in [6.07, 6.45) is 9.24. The zero-order valence-corrected chi connectivity index (χ0v) is 27.5. The Kier molecular flexibility index (Phi) is 9.43. The largest absolute Gasteiger partial charge is 0.359 e. The molecule has 0 radical (unpaired) electrons. The maximum absolute atomic E-state index is 14.4. The summed E-state index contributed by atoms with van der Waals surface area (Å²) in [6.45, 7) is 13.2. The molecule has 1 saturated carbocycles. The van der Waals surface area contributed by atoms with E-state index in [9.17, 15) is 14.4 Å². The third-order valence-electron chi connectivity index (χ3n) is 11.1. The zero-order chi connectivity index (χ0) is 31.0. The Bertz CT molecular complexity index is 1270. The van der Waals surface area contributed by atoms with Crippen molar-refractivity contribution >= 4 is 35.2 Å². The van der Waals surface area contributed by atoms with Crippen LogP contribution in [0.3, 0.4) is 0 Å². The van der Waals surface area contributed by atoms with Gasteiger partial charge in [-0.2, -0.15) is 0 Å². The number of amides is 3. The summed E-state index contributed by atoms with van der Waals surface area (Å²) < 4.78 is 6.58. The van der Waals surface area contributed by atoms with Gasteiger partial charge in [-0.15, -0.1) is 11.8 Å². The van der Waals surface area contributed by atoms with Crippen molar-refractivity contribution in [2.24, 2.45) is 23.7 Å². The fourth-order valence-corrected chi connectivity index (χ4v) is 8.73. The van der Waals surface area contributed by atoms with E-state index in [2.05, 4.69) is 41.2 Å². The Hall–Kier alpha value is -2.40. The number of rotatable bonds is 10. The number of hydrogen-bond acceptors (Lipinski definition) is 7. The molecule has 44 heavy (non-hydrogen) atoms. The average molecular weight is 624 g/mol. The van der Waals surface area contributed by atoms with Crippen LogP contribution >= 0.6 is 11.8 Å². The molecule has 0 unspecified atom stereocenters. The number of likely N-dealkylation sites (tertiary alicyclic amines) is 1. The van der Waals surface area contributed by atoms with Crippen molar-refractivity contribution in [2.45, 2.75) is 75.1 Å². The van der Waals surface area contributed by atoms with E-state index >= 15 is 0 Å². The molecule has 1 aromatic rings. The standard InChI is InChI=1S/C34H49N5O4S/c1-5-37-17-19-38(20-18-37)15-8-16-39-30(32(41)36-26-12-6-9-22(2)23(26)3)34-14-13-27(43-34)28(29(34)33(39)42)31(40)35-24-10-7-11-25(21-24)44-4/h7,10-11,13-14,21-23,26-30H,5-6,8-9,12,15-20H2,1-4H3,(H,35,40)(H,36,41)/t22-,23-,26+,27+,28+,29+,30-,34-/m0/s1. The van der Waals surface area contributed by atoms with Gasteiger partial charge in [-0.1, -0.05) is 51.8 Å². The van der Waals surface area contributed by atoms with E-state index in [1.54, 1.807) is 16.7 Å². The number of benzene rings is 1. The second kappa shape index (κ2) is 13.1. The van der Waals surface area contributed by atoms with Crippen molar-refractivity contribution in [3.63, 3.8) is 0 Å². The predicted octanol–water partition coefficient (Wildman–Crippen LogP) is 3.47. The molecule has 2 bridgehead atoms. The first-order valence-corrected chi connectivity index (χ1v) is 17.9. The van der Waals surface area contributed by atoms with Gasteiger partial charge in [0.1, 0.15) is 11.6 Å². The van der Waals surface area contributed by atoms with Gasteiger partial charge < -0.3 is 30.1 Å². The number of piperazine rings is 1. The smallest absolute Gasteiger partial charge is 0.246 e. The van der Waals surface area contributed by atoms with E-state index in [-0.39, 0.29) is 23.8 Å². The Balaban J connectivity index is 1.22. The van der Waals surface area contributed by atoms with Crippen LogP contribution in [0.4, 0.5) is 5.69 Å². The number of nitrogens with one attached hydrogen (secondary N) is 2. The number of hydrogen-bond donors (Lipinski definition) is 2. The second-order valence-electron chi connectivity index (χ2n) is 13.5. The van der Waals surface area contributed by atoms with Crippen LogP contribution in [-0.4, -0.2) is 108 Å². The molecule has 5 aliphatic rings. The molecule has 240 valence electrons. The summed E-state index contributed by atoms with van der Waals surface area (Å²) in [6, 6.07) is 6.99. The van der Waals surface area contributed by atoms with Gasteiger partial charge in [0.15, 0.2) is 0 Å². The second-order valence-corrected chi connectivity index (χ2v) is 14.3. The lowest BCUT2D eigenvalue weighted by Crippen LogP contribution is -2.58. The molecule has 4 fully saturated rings. The van der Waals surface area contributed by atoms with E-state index in [1.165, 1.54) is 6.42 Å². The highest BCUT2D eigenvalue weighted by Gasteiger charge is 2.72. The van der Waals surface area contributed by atoms with Crippen molar-refractivity contribution in [2.75, 3.05) is 57.4 Å². The molecule has 8 atom stereocenters. The van der Waals surface area contributed by atoms with E-state index < -0.39 is 29.6 Å². The van der Waals surface area contributed by atoms with E-state index in [4.69, 9.17) is 4.74 Å². The van der Waals surface area contributed by atoms with E-state index in [1.807, 2.05) is 42.7 Å². The van der Waals surface area contributed by atoms with Crippen LogP contribution in [-0.2, 0) is 19.1 Å². The molecule has 4 aliphatic heterocycles. The number of carbonyl (C=O) groups is 3. The zero-order valence-electron chi connectivity index (χ0n) is 26.7. The molecule has 4 heterocycles. The lowest BCUT2D eigenvalue weighted by molar-refractivity contribution is -0.141. The van der Waals surface area contributed by atoms with Crippen LogP contribution in [0.25, 0.3) is 0 Å². The lowest BCUT2D eigenvalue weighted by atomic mass is 9.73. The molecule has 0 aromatic heterocycles. The quantitative estimate of drug-likeness (QED) is 0.305. The van der Waals surface area contributed by atoms with Crippen LogP contribution in [0, 0.1) is 23.7 Å². The highest BCUT2D eigenvalue weighted by Crippen LogP contribution is 2.55. The first-order valence-electron chi connectivity index (χ1n) is 16.6. The van der Waals surface area contributed by atoms with Crippen LogP contribution in [0.15, 0.2) is 41.3 Å². The topological polar surface area (TPSA) is 94.2 Å². The number of carbonyl (C=O) groups excluding carboxylic acids is 3. The molecule has 3 saturated heterocycles. The van der Waals surface area contributed by atoms with Crippen molar-refractivity contribution in [3.05, 3.63) is 36.4 Å². The highest BCUT2D eigenvalue weighted by atomic mass is 32.2. The number of fused-ring (bicyclic) bond motifs is 1. The summed E-state index contributed by atoms with van der Waals surface area (Å²) in [7, 11) is 0. The molecule has 1 aromatic carbocycles. The fourth-order valence-electron chi connectivity index (χ4n) is 8.28. The van der Waals surface area contributed by atoms with Gasteiger partial charge in [0.25, 0.3) is 0 Å². The minimum atomic E-state index is -1.13. The maximum atomic E-state index is 14.4. The van der Waals surface area contributed by atoms with Crippen LogP contribution in [0.1, 0.15) is 46.5 Å². The van der Waals surface area contributed by atoms with Crippen molar-refractivity contribution in [1.82, 2.24) is 20.0 Å². The molecule has 6 rings (SSSR count). The fraction of sp³-hybridized carbons (Fsp3) is 0.676. The first kappa shape index (κ1) is 31.6. The molecule has 3 amide bonds. The normalized spacial score (nSPS) is 35.2. The van der Waals surface area contributed by atoms with E-state index in [0.717, 1.165) is 63.4 Å². The molecular weight excluding hydrogens is 574 g/mol. The Morgan fingerprint density at radius 2 is 1.84 bits per heavy atom. The van der Waals surface area contributed by atoms with Gasteiger partial charge in [-0.25, -0.2) is 0 Å². The Labute approximate surface area is 266 Å². The van der Waals surface area contributed by atoms with Gasteiger partial charge in [0, 0.05) is 49.3 Å². The van der Waals surface area contributed by atoms with Gasteiger partial charge in [-0.05, 0) is 62.2 Å². The number of thioether (sulfide) groups is 1. The summed E-state index contributed by atoms with van der Waals surface area (Å²) in [4.78, 5) is 50.2. The Morgan fingerprint density at radius 1 is 1.07 bits per heavy atom. The van der Waals surface area contributed by atoms with Crippen molar-refractivity contribution in [3.8, 4) is 0 Å². The van der Waals surface area contributed by atoms with Gasteiger partial charge in [0.05, 0.1) is 17.9 Å². The monoisotopic (exact) mass is 623 g/mol. The average Bonchev–Trinajstić information content (AvgIpc) is 3.67. The van der Waals surface area contributed by atoms with Crippen LogP contribution in [0.2, 0.25) is 0 Å². The molecular formula is C34H49N5O4S. The minimum Gasteiger partial charge on any atom is -0.359 e. The third-order valence-corrected chi connectivity index (χ3v) is 11.8. The molecule has 9 nitrogen and oxygen atoms in total. The lowest BCUT2D eigenvalue weighted by Gasteiger charge is -2.38. The van der Waals surface area contributed by atoms with Gasteiger partial charge in [0.2, 0.25) is 17.7 Å². The highest BCUT2D eigenvalue weighted by molar-refractivity contribution is 7.98. The summed E-state index contributed by atoms with van der Waals surface area (Å²) in [5.41, 5.74) is -0.437. The first-order chi connectivity index (χ1) is 21.3. The molecule has 1 spiro atoms. The van der Waals surface area contributed by atoms with Crippen molar-refractivity contribution < 1.29 is 19.1 Å². The summed E-state index contributed by atoms with van der Waals surface area (Å²) in [5.74, 6) is -1.05. The number of likely N-dealkylation sites (N-methyl/N-ethyl adjacent to an activating group) is 1. The third kappa shape index (κ3) is 5.83. The van der Waals surface area contributed by atoms with Gasteiger partial charge in [-0.3, -0.25) is 14.4 Å². The van der Waals surface area contributed by atoms with Crippen LogP contribution < -0.4 is 10.6 Å². The van der Waals surface area contributed by atoms with Gasteiger partial charge >= 0.3 is 0 Å². The number of anilines is 1. The Morgan fingerprint density at radius 3 is 2.59 bits per heavy atom. The van der Waals surface area contributed by atoms with Crippen LogP contribution in [0.5, 0.6) is 0 Å². The SMILES string of the molecule is CCN1CCN(CCCN2C(=O)[C@H]3[C@H](C(=O)Nc4cccc(SC)c4)[C@H]4C=C[C@@]3(O4)[C@@H]2C(=O)N[C@@H]2CCC[C@H](C)[C@@H]2C)CC1. The predicted molar refractivity (Wildman–Crippen MR) is 173 cm³/mol. The number of ether oxygens (including phenoxy) is 1. The number of nitrogens with zero attached hydrogens (tertiary/aromatic N) is 3. The minimum absolute atomic E-state index is 0.0684. The summed E-state index contributed by atoms with van der Waals surface area (Å²) in [5, 5.41) is 6.42. The molecule has 2 N–H and O–H groups in total. The summed E-state index contributed by atoms with van der Waals surface area (Å²) >= 11 is 1.61. The molecule has 1 aliphatic carbocycles.